The number of hydrogen-bond donors (Lipinski definition) is 0. The first-order chi connectivity index (χ1) is 8.04. The van der Waals surface area contributed by atoms with E-state index in [1.807, 2.05) is 30.3 Å². The Hall–Kier alpha value is -1.90. The molecule has 2 aromatic carbocycles. The zero-order chi connectivity index (χ0) is 12.3. The van der Waals surface area contributed by atoms with Crippen LogP contribution in [0.25, 0.3) is 11.1 Å². The minimum atomic E-state index is -3.89. The van der Waals surface area contributed by atoms with Gasteiger partial charge in [0.1, 0.15) is 5.75 Å². The molecule has 0 saturated carbocycles. The average Bonchev–Trinajstić information content (AvgIpc) is 2.29. The lowest BCUT2D eigenvalue weighted by Crippen LogP contribution is -2.01. The molecule has 0 unspecified atom stereocenters. The Morgan fingerprint density at radius 2 is 1.44 bits per heavy atom. The van der Waals surface area contributed by atoms with Gasteiger partial charge in [0.15, 0.2) is 1.37 Å². The summed E-state index contributed by atoms with van der Waals surface area (Å²) >= 11 is 0. The van der Waals surface area contributed by atoms with Crippen LogP contribution in [0, 0.1) is 0 Å². The molecule has 0 heterocycles. The molecule has 0 fully saturated rings. The van der Waals surface area contributed by atoms with Crippen LogP contribution in [-0.2, 0) is 0 Å². The predicted octanol–water partition coefficient (Wildman–Crippen LogP) is 3.96. The van der Waals surface area contributed by atoms with Gasteiger partial charge in [-0.25, -0.2) is 0 Å². The molecule has 0 aliphatic rings. The molecule has 2 rings (SSSR count). The molecule has 0 spiro atoms. The predicted molar refractivity (Wildman–Crippen MR) is 58.5 cm³/mol. The molecule has 0 aliphatic carbocycles. The van der Waals surface area contributed by atoms with E-state index in [4.69, 9.17) is 1.37 Å². The molecule has 16 heavy (non-hydrogen) atoms. The fourth-order valence-electron chi connectivity index (χ4n) is 1.44. The highest BCUT2D eigenvalue weighted by atomic mass is 19.3. The van der Waals surface area contributed by atoms with E-state index < -0.39 is 6.59 Å². The van der Waals surface area contributed by atoms with E-state index in [1.54, 1.807) is 12.1 Å². The summed E-state index contributed by atoms with van der Waals surface area (Å²) in [5.41, 5.74) is 1.91. The molecule has 3 heteroatoms. The Balaban J connectivity index is 2.19. The molecule has 2 aromatic rings. The van der Waals surface area contributed by atoms with Gasteiger partial charge in [-0.3, -0.25) is 0 Å². The van der Waals surface area contributed by atoms with E-state index in [0.717, 1.165) is 11.1 Å². The molecule has 0 amide bonds. The first kappa shape index (κ1) is 9.33. The second-order valence-corrected chi connectivity index (χ2v) is 3.22. The summed E-state index contributed by atoms with van der Waals surface area (Å²) < 4.78 is 35.0. The van der Waals surface area contributed by atoms with Crippen molar-refractivity contribution < 1.29 is 14.9 Å². The first-order valence-corrected chi connectivity index (χ1v) is 4.77. The lowest BCUT2D eigenvalue weighted by atomic mass is 10.1. The first-order valence-electron chi connectivity index (χ1n) is 5.27. The van der Waals surface area contributed by atoms with E-state index in [-0.39, 0.29) is 5.75 Å². The van der Waals surface area contributed by atoms with Crippen LogP contribution in [0.15, 0.2) is 54.6 Å². The molecule has 82 valence electrons. The van der Waals surface area contributed by atoms with Crippen molar-refractivity contribution in [3.05, 3.63) is 54.6 Å². The highest BCUT2D eigenvalue weighted by Gasteiger charge is 2.03. The Kier molecular flexibility index (Phi) is 2.77. The van der Waals surface area contributed by atoms with Gasteiger partial charge in [0.2, 0.25) is 0 Å². The molecule has 0 radical (unpaired) electrons. The van der Waals surface area contributed by atoms with E-state index in [2.05, 4.69) is 4.74 Å². The lowest BCUT2D eigenvalue weighted by Gasteiger charge is -2.05. The summed E-state index contributed by atoms with van der Waals surface area (Å²) in [6.45, 7) is -3.89. The zero-order valence-corrected chi connectivity index (χ0v) is 8.36. The number of alkyl halides is 2. The monoisotopic (exact) mass is 221 g/mol. The molecule has 0 saturated heterocycles. The van der Waals surface area contributed by atoms with E-state index >= 15 is 0 Å². The molecule has 0 bridgehead atoms. The Morgan fingerprint density at radius 1 is 0.875 bits per heavy atom. The van der Waals surface area contributed by atoms with Gasteiger partial charge in [-0.1, -0.05) is 42.5 Å². The number of halogens is 2. The third-order valence-electron chi connectivity index (χ3n) is 2.16. The van der Waals surface area contributed by atoms with Crippen molar-refractivity contribution in [2.75, 3.05) is 0 Å². The summed E-state index contributed by atoms with van der Waals surface area (Å²) in [7, 11) is 0. The summed E-state index contributed by atoms with van der Waals surface area (Å²) in [6, 6.07) is 15.8. The van der Waals surface area contributed by atoms with Crippen molar-refractivity contribution in [1.29, 1.82) is 0 Å². The van der Waals surface area contributed by atoms with E-state index in [1.165, 1.54) is 12.1 Å². The zero-order valence-electron chi connectivity index (χ0n) is 9.36. The Morgan fingerprint density at radius 3 is 2.00 bits per heavy atom. The molecular weight excluding hydrogens is 210 g/mol. The van der Waals surface area contributed by atoms with Crippen molar-refractivity contribution in [2.24, 2.45) is 0 Å². The van der Waals surface area contributed by atoms with Crippen molar-refractivity contribution in [3.63, 3.8) is 0 Å². The maximum Gasteiger partial charge on any atom is 0.387 e. The summed E-state index contributed by atoms with van der Waals surface area (Å²) in [5.74, 6) is -0.0234. The molecule has 0 aromatic heterocycles. The van der Waals surface area contributed by atoms with Gasteiger partial charge in [-0.2, -0.15) is 8.78 Å². The van der Waals surface area contributed by atoms with E-state index in [0.29, 0.717) is 0 Å². The summed E-state index contributed by atoms with van der Waals surface area (Å²) in [5, 5.41) is 0. The molecule has 0 N–H and O–H groups in total. The molecule has 0 aliphatic heterocycles. The maximum absolute atomic E-state index is 12.3. The number of hydrogen-bond acceptors (Lipinski definition) is 1. The van der Waals surface area contributed by atoms with E-state index in [9.17, 15) is 8.78 Å². The molecule has 0 atom stereocenters. The number of benzene rings is 2. The number of rotatable bonds is 3. The van der Waals surface area contributed by atoms with Gasteiger partial charge in [0, 0.05) is 0 Å². The quantitative estimate of drug-likeness (QED) is 0.762. The van der Waals surface area contributed by atoms with Crippen LogP contribution in [0.5, 0.6) is 5.75 Å². The van der Waals surface area contributed by atoms with Crippen LogP contribution >= 0.6 is 0 Å². The SMILES string of the molecule is [2H]C(F)(F)Oc1ccc(-c2ccccc2)cc1. The van der Waals surface area contributed by atoms with Gasteiger partial charge in [0.25, 0.3) is 0 Å². The summed E-state index contributed by atoms with van der Waals surface area (Å²) in [6.07, 6.45) is 0. The Bertz CT molecular complexity index is 477. The molecule has 1 nitrogen and oxygen atoms in total. The average molecular weight is 221 g/mol. The second kappa shape index (κ2) is 4.75. The maximum atomic E-state index is 12.3. The Labute approximate surface area is 93.7 Å². The van der Waals surface area contributed by atoms with Crippen LogP contribution in [0.2, 0.25) is 0 Å². The molecular formula is C13H10F2O. The topological polar surface area (TPSA) is 9.23 Å². The van der Waals surface area contributed by atoms with Crippen molar-refractivity contribution in [2.45, 2.75) is 6.59 Å². The van der Waals surface area contributed by atoms with Gasteiger partial charge < -0.3 is 4.74 Å². The normalized spacial score (nSPS) is 12.0. The van der Waals surface area contributed by atoms with Crippen molar-refractivity contribution in [1.82, 2.24) is 0 Å². The standard InChI is InChI=1S/C13H10F2O/c14-13(15)16-12-8-6-11(7-9-12)10-4-2-1-3-5-10/h1-9,13H/i13D. The smallest absolute Gasteiger partial charge is 0.387 e. The third kappa shape index (κ3) is 2.57. The minimum absolute atomic E-state index is 0.0234. The van der Waals surface area contributed by atoms with Gasteiger partial charge >= 0.3 is 6.59 Å². The largest absolute Gasteiger partial charge is 0.435 e. The van der Waals surface area contributed by atoms with Crippen LogP contribution in [-0.4, -0.2) is 6.59 Å². The lowest BCUT2D eigenvalue weighted by molar-refractivity contribution is -0.0498. The van der Waals surface area contributed by atoms with Crippen LogP contribution in [0.4, 0.5) is 8.78 Å². The van der Waals surface area contributed by atoms with Crippen molar-refractivity contribution in [3.8, 4) is 16.9 Å². The summed E-state index contributed by atoms with van der Waals surface area (Å²) in [4.78, 5) is 0. The van der Waals surface area contributed by atoms with Crippen LogP contribution in [0.3, 0.4) is 0 Å². The van der Waals surface area contributed by atoms with Gasteiger partial charge in [-0.15, -0.1) is 0 Å². The van der Waals surface area contributed by atoms with Gasteiger partial charge in [0.05, 0.1) is 0 Å². The van der Waals surface area contributed by atoms with Crippen molar-refractivity contribution >= 4 is 0 Å². The fraction of sp³-hybridized carbons (Fsp3) is 0.0769. The highest BCUT2D eigenvalue weighted by Crippen LogP contribution is 2.22. The minimum Gasteiger partial charge on any atom is -0.435 e. The number of ether oxygens (including phenoxy) is 1. The van der Waals surface area contributed by atoms with Gasteiger partial charge in [-0.05, 0) is 23.3 Å². The third-order valence-corrected chi connectivity index (χ3v) is 2.16. The van der Waals surface area contributed by atoms with Crippen LogP contribution in [0.1, 0.15) is 1.37 Å². The second-order valence-electron chi connectivity index (χ2n) is 3.22. The van der Waals surface area contributed by atoms with Crippen LogP contribution < -0.4 is 4.74 Å². The fourth-order valence-corrected chi connectivity index (χ4v) is 1.44. The highest BCUT2D eigenvalue weighted by molar-refractivity contribution is 5.63.